The van der Waals surface area contributed by atoms with E-state index in [1.165, 1.54) is 18.5 Å². The molecule has 23 heavy (non-hydrogen) atoms. The standard InChI is InChI=1S/C16H15N3O3S/c1-21-11-3-5-13-14(9-11)18-8-7-15(13)22-12-4-6-16(19-10-12)23(2,17)20/h3-10,17H,1-2H3. The second-order valence-corrected chi connectivity index (χ2v) is 7.08. The third kappa shape index (κ3) is 3.24. The zero-order valence-corrected chi connectivity index (χ0v) is 13.5. The largest absolute Gasteiger partial charge is 0.497 e. The van der Waals surface area contributed by atoms with Gasteiger partial charge in [-0.1, -0.05) is 0 Å². The Hall–Kier alpha value is -2.67. The molecule has 1 atom stereocenters. The Morgan fingerprint density at radius 1 is 1.09 bits per heavy atom. The molecule has 0 spiro atoms. The first-order chi connectivity index (χ1) is 11.0. The summed E-state index contributed by atoms with van der Waals surface area (Å²) in [5, 5.41) is 1.08. The average Bonchev–Trinajstić information content (AvgIpc) is 2.54. The van der Waals surface area contributed by atoms with Crippen molar-refractivity contribution in [3.8, 4) is 17.2 Å². The van der Waals surface area contributed by atoms with Crippen LogP contribution in [0, 0.1) is 4.78 Å². The van der Waals surface area contributed by atoms with E-state index in [-0.39, 0.29) is 5.03 Å². The fraction of sp³-hybridized carbons (Fsp3) is 0.125. The lowest BCUT2D eigenvalue weighted by atomic mass is 10.2. The minimum absolute atomic E-state index is 0.231. The second-order valence-electron chi connectivity index (χ2n) is 4.97. The monoisotopic (exact) mass is 329 g/mol. The van der Waals surface area contributed by atoms with Crippen molar-refractivity contribution in [2.45, 2.75) is 5.03 Å². The van der Waals surface area contributed by atoms with Crippen molar-refractivity contribution in [1.82, 2.24) is 9.97 Å². The Morgan fingerprint density at radius 3 is 2.52 bits per heavy atom. The molecule has 118 valence electrons. The third-order valence-electron chi connectivity index (χ3n) is 3.25. The average molecular weight is 329 g/mol. The topological polar surface area (TPSA) is 85.2 Å². The highest BCUT2D eigenvalue weighted by atomic mass is 32.2. The highest BCUT2D eigenvalue weighted by molar-refractivity contribution is 7.91. The van der Waals surface area contributed by atoms with Crippen molar-refractivity contribution in [3.63, 3.8) is 0 Å². The number of benzene rings is 1. The summed E-state index contributed by atoms with van der Waals surface area (Å²) in [5.74, 6) is 1.86. The Bertz CT molecular complexity index is 954. The minimum atomic E-state index is -2.83. The Kier molecular flexibility index (Phi) is 3.87. The summed E-state index contributed by atoms with van der Waals surface area (Å²) >= 11 is 0. The highest BCUT2D eigenvalue weighted by Crippen LogP contribution is 2.30. The SMILES string of the molecule is COc1ccc2c(Oc3ccc(S(C)(=N)=O)nc3)ccnc2c1. The predicted octanol–water partition coefficient (Wildman–Crippen LogP) is 3.47. The molecule has 0 aliphatic heterocycles. The van der Waals surface area contributed by atoms with E-state index in [4.69, 9.17) is 14.3 Å². The molecule has 1 unspecified atom stereocenters. The molecule has 0 saturated carbocycles. The van der Waals surface area contributed by atoms with Crippen LogP contribution in [0.4, 0.5) is 0 Å². The quantitative estimate of drug-likeness (QED) is 0.792. The van der Waals surface area contributed by atoms with Crippen LogP contribution >= 0.6 is 0 Å². The van der Waals surface area contributed by atoms with Crippen molar-refractivity contribution in [2.24, 2.45) is 0 Å². The number of hydrogen-bond donors (Lipinski definition) is 1. The van der Waals surface area contributed by atoms with Gasteiger partial charge in [0.2, 0.25) is 0 Å². The molecule has 0 aliphatic carbocycles. The van der Waals surface area contributed by atoms with Crippen LogP contribution in [0.15, 0.2) is 53.8 Å². The molecule has 0 fully saturated rings. The summed E-state index contributed by atoms with van der Waals surface area (Å²) in [5.41, 5.74) is 0.758. The number of ether oxygens (including phenoxy) is 2. The van der Waals surface area contributed by atoms with Crippen LogP contribution in [0.1, 0.15) is 0 Å². The van der Waals surface area contributed by atoms with E-state index in [2.05, 4.69) is 9.97 Å². The summed E-state index contributed by atoms with van der Waals surface area (Å²) < 4.78 is 30.2. The smallest absolute Gasteiger partial charge is 0.145 e. The van der Waals surface area contributed by atoms with E-state index >= 15 is 0 Å². The van der Waals surface area contributed by atoms with Crippen LogP contribution < -0.4 is 9.47 Å². The number of nitrogens with one attached hydrogen (secondary N) is 1. The lowest BCUT2D eigenvalue weighted by Crippen LogP contribution is -1.98. The predicted molar refractivity (Wildman–Crippen MR) is 87.7 cm³/mol. The Morgan fingerprint density at radius 2 is 1.87 bits per heavy atom. The van der Waals surface area contributed by atoms with Gasteiger partial charge in [-0.15, -0.1) is 0 Å². The van der Waals surface area contributed by atoms with E-state index in [0.29, 0.717) is 11.5 Å². The highest BCUT2D eigenvalue weighted by Gasteiger charge is 2.08. The summed E-state index contributed by atoms with van der Waals surface area (Å²) in [4.78, 5) is 8.33. The first-order valence-corrected chi connectivity index (χ1v) is 8.74. The van der Waals surface area contributed by atoms with Crippen LogP contribution in [0.2, 0.25) is 0 Å². The molecule has 0 radical (unpaired) electrons. The van der Waals surface area contributed by atoms with Gasteiger partial charge in [0.05, 0.1) is 28.6 Å². The summed E-state index contributed by atoms with van der Waals surface area (Å²) in [6.07, 6.45) is 4.45. The molecular formula is C16H15N3O3S. The van der Waals surface area contributed by atoms with Gasteiger partial charge >= 0.3 is 0 Å². The normalized spacial score (nSPS) is 13.5. The van der Waals surface area contributed by atoms with Gasteiger partial charge in [-0.25, -0.2) is 14.0 Å². The van der Waals surface area contributed by atoms with Gasteiger partial charge in [-0.2, -0.15) is 0 Å². The van der Waals surface area contributed by atoms with Crippen molar-refractivity contribution in [3.05, 3.63) is 48.8 Å². The summed E-state index contributed by atoms with van der Waals surface area (Å²) in [6.45, 7) is 0. The number of pyridine rings is 2. The van der Waals surface area contributed by atoms with E-state index < -0.39 is 9.73 Å². The molecule has 2 heterocycles. The molecule has 7 heteroatoms. The molecular weight excluding hydrogens is 314 g/mol. The molecule has 0 bridgehead atoms. The van der Waals surface area contributed by atoms with E-state index in [9.17, 15) is 4.21 Å². The molecule has 0 aliphatic rings. The van der Waals surface area contributed by atoms with Gasteiger partial charge in [0.25, 0.3) is 0 Å². The van der Waals surface area contributed by atoms with E-state index in [0.717, 1.165) is 16.7 Å². The van der Waals surface area contributed by atoms with E-state index in [1.807, 2.05) is 18.2 Å². The number of aromatic nitrogens is 2. The van der Waals surface area contributed by atoms with Gasteiger partial charge < -0.3 is 9.47 Å². The summed E-state index contributed by atoms with van der Waals surface area (Å²) in [6, 6.07) is 10.5. The maximum absolute atomic E-state index is 11.6. The molecule has 2 aromatic heterocycles. The molecule has 0 saturated heterocycles. The number of methoxy groups -OCH3 is 1. The molecule has 6 nitrogen and oxygen atoms in total. The van der Waals surface area contributed by atoms with E-state index in [1.54, 1.807) is 25.4 Å². The van der Waals surface area contributed by atoms with Crippen molar-refractivity contribution in [1.29, 1.82) is 4.78 Å². The third-order valence-corrected chi connectivity index (χ3v) is 4.29. The molecule has 1 aromatic carbocycles. The van der Waals surface area contributed by atoms with Gasteiger partial charge in [0.1, 0.15) is 22.3 Å². The first kappa shape index (κ1) is 15.2. The minimum Gasteiger partial charge on any atom is -0.497 e. The number of hydrogen-bond acceptors (Lipinski definition) is 6. The lowest BCUT2D eigenvalue weighted by Gasteiger charge is -2.09. The Balaban J connectivity index is 1.95. The van der Waals surface area contributed by atoms with Crippen LogP contribution in [-0.4, -0.2) is 27.5 Å². The van der Waals surface area contributed by atoms with Crippen molar-refractivity contribution < 1.29 is 13.7 Å². The number of fused-ring (bicyclic) bond motifs is 1. The second kappa shape index (κ2) is 5.85. The number of rotatable bonds is 4. The van der Waals surface area contributed by atoms with Crippen LogP contribution in [0.3, 0.4) is 0 Å². The van der Waals surface area contributed by atoms with Crippen molar-refractivity contribution in [2.75, 3.05) is 13.4 Å². The fourth-order valence-corrected chi connectivity index (χ4v) is 2.68. The van der Waals surface area contributed by atoms with Gasteiger partial charge in [0, 0.05) is 23.9 Å². The molecule has 3 rings (SSSR count). The zero-order valence-electron chi connectivity index (χ0n) is 12.6. The molecule has 1 N–H and O–H groups in total. The Labute approximate surface area is 134 Å². The zero-order chi connectivity index (χ0) is 16.4. The van der Waals surface area contributed by atoms with Crippen molar-refractivity contribution >= 4 is 20.6 Å². The number of nitrogens with zero attached hydrogens (tertiary/aromatic N) is 2. The summed E-state index contributed by atoms with van der Waals surface area (Å²) in [7, 11) is -1.22. The lowest BCUT2D eigenvalue weighted by molar-refractivity contribution is 0.415. The van der Waals surface area contributed by atoms with Gasteiger partial charge in [0.15, 0.2) is 0 Å². The van der Waals surface area contributed by atoms with Crippen LogP contribution in [-0.2, 0) is 9.73 Å². The van der Waals surface area contributed by atoms with Crippen LogP contribution in [0.25, 0.3) is 10.9 Å². The van der Waals surface area contributed by atoms with Gasteiger partial charge in [-0.3, -0.25) is 4.98 Å². The molecule has 3 aromatic rings. The van der Waals surface area contributed by atoms with Gasteiger partial charge in [-0.05, 0) is 30.3 Å². The fourth-order valence-electron chi connectivity index (χ4n) is 2.10. The maximum Gasteiger partial charge on any atom is 0.145 e. The maximum atomic E-state index is 11.6. The first-order valence-electron chi connectivity index (χ1n) is 6.78. The van der Waals surface area contributed by atoms with Crippen LogP contribution in [0.5, 0.6) is 17.2 Å². The molecule has 0 amide bonds.